The third kappa shape index (κ3) is 3.57. The summed E-state index contributed by atoms with van der Waals surface area (Å²) in [6.07, 6.45) is 0.377. The van der Waals surface area contributed by atoms with Crippen LogP contribution in [0.15, 0.2) is 18.2 Å². The van der Waals surface area contributed by atoms with E-state index in [2.05, 4.69) is 0 Å². The summed E-state index contributed by atoms with van der Waals surface area (Å²) in [6, 6.07) is 4.94. The van der Waals surface area contributed by atoms with E-state index in [4.69, 9.17) is 33.7 Å². The molecule has 0 aliphatic carbocycles. The van der Waals surface area contributed by atoms with E-state index in [1.54, 1.807) is 30.0 Å². The standard InChI is InChI=1S/C14H18Cl2N2O2/c1-9(14(19)18-5-4-10(7-17)8-18)20-13-3-2-11(15)6-12(13)16/h2-3,6,9-10H,4-5,7-8,17H2,1H3. The van der Waals surface area contributed by atoms with Crippen molar-refractivity contribution < 1.29 is 9.53 Å². The van der Waals surface area contributed by atoms with Gasteiger partial charge in [0.25, 0.3) is 5.91 Å². The van der Waals surface area contributed by atoms with Gasteiger partial charge in [0.05, 0.1) is 5.02 Å². The van der Waals surface area contributed by atoms with Crippen molar-refractivity contribution in [1.82, 2.24) is 4.90 Å². The highest BCUT2D eigenvalue weighted by Gasteiger charge is 2.29. The molecule has 1 aromatic rings. The lowest BCUT2D eigenvalue weighted by Gasteiger charge is -2.22. The van der Waals surface area contributed by atoms with Gasteiger partial charge in [-0.25, -0.2) is 0 Å². The van der Waals surface area contributed by atoms with Gasteiger partial charge in [-0.1, -0.05) is 23.2 Å². The summed E-state index contributed by atoms with van der Waals surface area (Å²) >= 11 is 11.9. The molecule has 0 radical (unpaired) electrons. The van der Waals surface area contributed by atoms with Gasteiger partial charge in [-0.2, -0.15) is 0 Å². The van der Waals surface area contributed by atoms with Crippen LogP contribution in [-0.4, -0.2) is 36.5 Å². The number of hydrogen-bond acceptors (Lipinski definition) is 3. The van der Waals surface area contributed by atoms with E-state index in [9.17, 15) is 4.79 Å². The van der Waals surface area contributed by atoms with Crippen LogP contribution in [0.1, 0.15) is 13.3 Å². The largest absolute Gasteiger partial charge is 0.479 e. The number of carbonyl (C=O) groups is 1. The normalized spacial score (nSPS) is 20.0. The van der Waals surface area contributed by atoms with Gasteiger partial charge in [0.1, 0.15) is 5.75 Å². The van der Waals surface area contributed by atoms with E-state index < -0.39 is 6.10 Å². The SMILES string of the molecule is CC(Oc1ccc(Cl)cc1Cl)C(=O)N1CCC(CN)C1. The third-order valence-corrected chi connectivity index (χ3v) is 4.01. The van der Waals surface area contributed by atoms with Crippen molar-refractivity contribution in [2.24, 2.45) is 11.7 Å². The van der Waals surface area contributed by atoms with Gasteiger partial charge in [0.15, 0.2) is 6.10 Å². The van der Waals surface area contributed by atoms with E-state index in [1.807, 2.05) is 0 Å². The maximum atomic E-state index is 12.3. The molecule has 2 unspecified atom stereocenters. The number of amides is 1. The average molecular weight is 317 g/mol. The van der Waals surface area contributed by atoms with Gasteiger partial charge in [-0.15, -0.1) is 0 Å². The Morgan fingerprint density at radius 2 is 2.30 bits per heavy atom. The Labute approximate surface area is 128 Å². The van der Waals surface area contributed by atoms with Gasteiger partial charge in [-0.3, -0.25) is 4.79 Å². The van der Waals surface area contributed by atoms with Crippen LogP contribution >= 0.6 is 23.2 Å². The first-order chi connectivity index (χ1) is 9.51. The lowest BCUT2D eigenvalue weighted by atomic mass is 10.1. The molecule has 1 heterocycles. The first-order valence-electron chi connectivity index (χ1n) is 6.62. The molecule has 2 atom stereocenters. The molecule has 1 amide bonds. The molecule has 1 aliphatic heterocycles. The minimum Gasteiger partial charge on any atom is -0.479 e. The van der Waals surface area contributed by atoms with Gasteiger partial charge < -0.3 is 15.4 Å². The first kappa shape index (κ1) is 15.4. The van der Waals surface area contributed by atoms with Crippen molar-refractivity contribution in [3.05, 3.63) is 28.2 Å². The molecule has 20 heavy (non-hydrogen) atoms. The highest BCUT2D eigenvalue weighted by molar-refractivity contribution is 6.35. The summed E-state index contributed by atoms with van der Waals surface area (Å²) in [5, 5.41) is 0.935. The molecular formula is C14H18Cl2N2O2. The molecule has 4 nitrogen and oxygen atoms in total. The molecule has 1 saturated heterocycles. The lowest BCUT2D eigenvalue weighted by molar-refractivity contribution is -0.136. The van der Waals surface area contributed by atoms with Gasteiger partial charge >= 0.3 is 0 Å². The average Bonchev–Trinajstić information content (AvgIpc) is 2.89. The summed E-state index contributed by atoms with van der Waals surface area (Å²) < 4.78 is 5.63. The molecule has 2 rings (SSSR count). The molecule has 110 valence electrons. The number of nitrogens with zero attached hydrogens (tertiary/aromatic N) is 1. The molecule has 1 fully saturated rings. The third-order valence-electron chi connectivity index (χ3n) is 3.48. The van der Waals surface area contributed by atoms with Crippen LogP contribution < -0.4 is 10.5 Å². The zero-order valence-corrected chi connectivity index (χ0v) is 12.8. The predicted molar refractivity (Wildman–Crippen MR) is 80.3 cm³/mol. The number of halogens is 2. The fraction of sp³-hybridized carbons (Fsp3) is 0.500. The van der Waals surface area contributed by atoms with E-state index in [-0.39, 0.29) is 5.91 Å². The van der Waals surface area contributed by atoms with Crippen LogP contribution in [-0.2, 0) is 4.79 Å². The number of nitrogens with two attached hydrogens (primary N) is 1. The highest BCUT2D eigenvalue weighted by Crippen LogP contribution is 2.28. The lowest BCUT2D eigenvalue weighted by Crippen LogP contribution is -2.39. The van der Waals surface area contributed by atoms with Crippen LogP contribution in [0.25, 0.3) is 0 Å². The molecule has 0 bridgehead atoms. The number of hydrogen-bond donors (Lipinski definition) is 1. The molecule has 0 aromatic heterocycles. The van der Waals surface area contributed by atoms with Crippen LogP contribution in [0.5, 0.6) is 5.75 Å². The summed E-state index contributed by atoms with van der Waals surface area (Å²) in [5.41, 5.74) is 5.63. The first-order valence-corrected chi connectivity index (χ1v) is 7.37. The minimum absolute atomic E-state index is 0.0352. The van der Waals surface area contributed by atoms with Crippen LogP contribution in [0, 0.1) is 5.92 Å². The molecule has 6 heteroatoms. The minimum atomic E-state index is -0.579. The number of benzene rings is 1. The molecule has 2 N–H and O–H groups in total. The van der Waals surface area contributed by atoms with Gasteiger partial charge in [0.2, 0.25) is 0 Å². The fourth-order valence-electron chi connectivity index (χ4n) is 2.29. The maximum absolute atomic E-state index is 12.3. The molecule has 0 spiro atoms. The van der Waals surface area contributed by atoms with Crippen molar-refractivity contribution in [2.75, 3.05) is 19.6 Å². The molecular weight excluding hydrogens is 299 g/mol. The summed E-state index contributed by atoms with van der Waals surface area (Å²) in [7, 11) is 0. The van der Waals surface area contributed by atoms with Crippen LogP contribution in [0.3, 0.4) is 0 Å². The topological polar surface area (TPSA) is 55.6 Å². The van der Waals surface area contributed by atoms with Crippen molar-refractivity contribution in [2.45, 2.75) is 19.4 Å². The van der Waals surface area contributed by atoms with E-state index >= 15 is 0 Å². The highest BCUT2D eigenvalue weighted by atomic mass is 35.5. The summed E-state index contributed by atoms with van der Waals surface area (Å²) in [5.74, 6) is 0.823. The Morgan fingerprint density at radius 3 is 2.90 bits per heavy atom. The Balaban J connectivity index is 1.97. The number of carbonyl (C=O) groups excluding carboxylic acids is 1. The summed E-state index contributed by atoms with van der Waals surface area (Å²) in [6.45, 7) is 3.78. The smallest absolute Gasteiger partial charge is 0.263 e. The molecule has 0 saturated carbocycles. The van der Waals surface area contributed by atoms with Gasteiger partial charge in [0, 0.05) is 18.1 Å². The summed E-state index contributed by atoms with van der Waals surface area (Å²) in [4.78, 5) is 14.1. The number of rotatable bonds is 4. The second-order valence-electron chi connectivity index (χ2n) is 5.01. The van der Waals surface area contributed by atoms with E-state index in [0.717, 1.165) is 13.0 Å². The zero-order valence-electron chi connectivity index (χ0n) is 11.3. The molecule has 1 aliphatic rings. The van der Waals surface area contributed by atoms with Gasteiger partial charge in [-0.05, 0) is 44.0 Å². The number of ether oxygens (including phenoxy) is 1. The van der Waals surface area contributed by atoms with E-state index in [0.29, 0.717) is 34.8 Å². The fourth-order valence-corrected chi connectivity index (χ4v) is 2.75. The monoisotopic (exact) mass is 316 g/mol. The van der Waals surface area contributed by atoms with Crippen molar-refractivity contribution in [1.29, 1.82) is 0 Å². The quantitative estimate of drug-likeness (QED) is 0.928. The predicted octanol–water partition coefficient (Wildman–Crippen LogP) is 2.57. The van der Waals surface area contributed by atoms with Crippen molar-refractivity contribution in [3.8, 4) is 5.75 Å². The Kier molecular flexibility index (Phi) is 5.13. The van der Waals surface area contributed by atoms with E-state index in [1.165, 1.54) is 0 Å². The van der Waals surface area contributed by atoms with Crippen molar-refractivity contribution in [3.63, 3.8) is 0 Å². The zero-order chi connectivity index (χ0) is 14.7. The second kappa shape index (κ2) is 6.66. The maximum Gasteiger partial charge on any atom is 0.263 e. The van der Waals surface area contributed by atoms with Crippen molar-refractivity contribution >= 4 is 29.1 Å². The molecule has 1 aromatic carbocycles. The Hall–Kier alpha value is -0.970. The number of likely N-dealkylation sites (tertiary alicyclic amines) is 1. The second-order valence-corrected chi connectivity index (χ2v) is 5.85. The Bertz CT molecular complexity index is 496. The van der Waals surface area contributed by atoms with Crippen LogP contribution in [0.4, 0.5) is 0 Å². The van der Waals surface area contributed by atoms with Crippen LogP contribution in [0.2, 0.25) is 10.0 Å². The Morgan fingerprint density at radius 1 is 1.55 bits per heavy atom.